The minimum absolute atomic E-state index is 0.222. The van der Waals surface area contributed by atoms with E-state index in [-0.39, 0.29) is 11.1 Å². The molecule has 0 bridgehead atoms. The fraction of sp³-hybridized carbons (Fsp3) is 0.533. The molecule has 3 aromatic heterocycles. The summed E-state index contributed by atoms with van der Waals surface area (Å²) in [5.74, 6) is -0.531. The van der Waals surface area contributed by atoms with Gasteiger partial charge in [0.1, 0.15) is 11.0 Å². The Labute approximate surface area is 260 Å². The van der Waals surface area contributed by atoms with Crippen LogP contribution in [0.2, 0.25) is 0 Å². The van der Waals surface area contributed by atoms with Crippen LogP contribution in [0.25, 0.3) is 31.9 Å². The maximum atomic E-state index is 15.9. The Balaban J connectivity index is 1.72. The number of fused-ring (bicyclic) bond motifs is 1. The van der Waals surface area contributed by atoms with E-state index in [0.29, 0.717) is 32.6 Å². The molecule has 3 heterocycles. The number of hydrogen-bond donors (Lipinski definition) is 0. The van der Waals surface area contributed by atoms with Gasteiger partial charge in [0.2, 0.25) is 0 Å². The van der Waals surface area contributed by atoms with Gasteiger partial charge < -0.3 is 0 Å². The number of rotatable bonds is 14. The number of nitrogens with zero attached hydrogens (tertiary/aromatic N) is 2. The molecule has 9 heteroatoms. The van der Waals surface area contributed by atoms with Crippen LogP contribution in [0.4, 0.5) is 8.78 Å². The second-order valence-corrected chi connectivity index (χ2v) is 15.7. The topological polar surface area (TPSA) is 25.8 Å². The van der Waals surface area contributed by atoms with E-state index in [4.69, 9.17) is 0 Å². The van der Waals surface area contributed by atoms with Crippen LogP contribution in [0.5, 0.6) is 0 Å². The van der Waals surface area contributed by atoms with Gasteiger partial charge in [-0.3, -0.25) is 0 Å². The van der Waals surface area contributed by atoms with Gasteiger partial charge in [-0.2, -0.15) is 8.75 Å². The van der Waals surface area contributed by atoms with E-state index >= 15 is 8.78 Å². The zero-order valence-corrected chi connectivity index (χ0v) is 28.6. The Kier molecular flexibility index (Phi) is 11.5. The zero-order valence-electron chi connectivity index (χ0n) is 23.0. The lowest BCUT2D eigenvalue weighted by Crippen LogP contribution is -2.03. The summed E-state index contributed by atoms with van der Waals surface area (Å²) in [5, 5.41) is 0. The number of benzene rings is 1. The molecule has 0 saturated carbocycles. The Morgan fingerprint density at radius 1 is 0.718 bits per heavy atom. The first-order valence-corrected chi connectivity index (χ1v) is 18.0. The molecule has 0 spiro atoms. The van der Waals surface area contributed by atoms with Gasteiger partial charge in [-0.15, -0.1) is 22.7 Å². The van der Waals surface area contributed by atoms with Crippen molar-refractivity contribution in [1.29, 1.82) is 0 Å². The molecule has 0 saturated heterocycles. The van der Waals surface area contributed by atoms with Crippen molar-refractivity contribution in [3.8, 4) is 20.9 Å². The predicted molar refractivity (Wildman–Crippen MR) is 173 cm³/mol. The minimum atomic E-state index is -0.844. The number of hydrogen-bond acceptors (Lipinski definition) is 5. The third kappa shape index (κ3) is 7.02. The lowest BCUT2D eigenvalue weighted by molar-refractivity contribution is 0.449. The van der Waals surface area contributed by atoms with Crippen molar-refractivity contribution in [3.63, 3.8) is 0 Å². The summed E-state index contributed by atoms with van der Waals surface area (Å²) in [6, 6.07) is 4.03. The molecule has 4 aromatic rings. The lowest BCUT2D eigenvalue weighted by atomic mass is 9.92. The van der Waals surface area contributed by atoms with Crippen LogP contribution in [-0.4, -0.2) is 8.75 Å². The Bertz CT molecular complexity index is 1290. The SMILES string of the molecule is CCCC[C@@H](CC)Cc1cc(-c2c(F)c(F)c(-c3cc(C[C@H](CC)CCCC)c(Br)s3)c3nsnc23)sc1Br. The smallest absolute Gasteiger partial charge is 0.170 e. The van der Waals surface area contributed by atoms with Crippen LogP contribution in [0.3, 0.4) is 0 Å². The van der Waals surface area contributed by atoms with Gasteiger partial charge in [0.05, 0.1) is 30.4 Å². The van der Waals surface area contributed by atoms with Crippen molar-refractivity contribution in [2.24, 2.45) is 11.8 Å². The van der Waals surface area contributed by atoms with E-state index in [2.05, 4.69) is 68.3 Å². The minimum Gasteiger partial charge on any atom is -0.203 e. The fourth-order valence-corrected chi connectivity index (χ4v) is 9.31. The molecule has 0 aliphatic carbocycles. The zero-order chi connectivity index (χ0) is 28.1. The Morgan fingerprint density at radius 3 is 1.49 bits per heavy atom. The number of unbranched alkanes of at least 4 members (excludes halogenated alkanes) is 2. The van der Waals surface area contributed by atoms with E-state index < -0.39 is 11.6 Å². The van der Waals surface area contributed by atoms with Crippen LogP contribution in [-0.2, 0) is 12.8 Å². The normalized spacial score (nSPS) is 13.4. The van der Waals surface area contributed by atoms with Gasteiger partial charge >= 0.3 is 0 Å². The highest BCUT2D eigenvalue weighted by Crippen LogP contribution is 2.46. The van der Waals surface area contributed by atoms with Gasteiger partial charge in [0.15, 0.2) is 11.6 Å². The van der Waals surface area contributed by atoms with Gasteiger partial charge in [-0.1, -0.05) is 79.1 Å². The van der Waals surface area contributed by atoms with Crippen molar-refractivity contribution >= 4 is 77.3 Å². The van der Waals surface area contributed by atoms with E-state index in [0.717, 1.165) is 56.1 Å². The summed E-state index contributed by atoms with van der Waals surface area (Å²) >= 11 is 11.3. The maximum absolute atomic E-state index is 15.9. The summed E-state index contributed by atoms with van der Waals surface area (Å²) in [6.45, 7) is 8.87. The largest absolute Gasteiger partial charge is 0.203 e. The quantitative estimate of drug-likeness (QED) is 0.130. The maximum Gasteiger partial charge on any atom is 0.170 e. The molecule has 2 nitrogen and oxygen atoms in total. The Morgan fingerprint density at radius 2 is 1.13 bits per heavy atom. The van der Waals surface area contributed by atoms with Crippen molar-refractivity contribution in [3.05, 3.63) is 42.5 Å². The fourth-order valence-electron chi connectivity index (χ4n) is 5.24. The molecule has 0 N–H and O–H groups in total. The van der Waals surface area contributed by atoms with E-state index in [9.17, 15) is 0 Å². The molecule has 0 aliphatic rings. The van der Waals surface area contributed by atoms with Gasteiger partial charge in [0, 0.05) is 9.75 Å². The van der Waals surface area contributed by atoms with E-state index in [1.54, 1.807) is 0 Å². The first-order valence-electron chi connectivity index (χ1n) is 14.0. The first-order chi connectivity index (χ1) is 18.8. The molecule has 1 aromatic carbocycles. The highest BCUT2D eigenvalue weighted by molar-refractivity contribution is 9.11. The molecule has 0 fully saturated rings. The summed E-state index contributed by atoms with van der Waals surface area (Å²) in [5.41, 5.74) is 3.62. The summed E-state index contributed by atoms with van der Waals surface area (Å²) in [7, 11) is 0. The molecule has 39 heavy (non-hydrogen) atoms. The van der Waals surface area contributed by atoms with Crippen LogP contribution in [0, 0.1) is 23.5 Å². The predicted octanol–water partition coefficient (Wildman–Crippen LogP) is 12.5. The van der Waals surface area contributed by atoms with Crippen LogP contribution >= 0.6 is 66.3 Å². The van der Waals surface area contributed by atoms with Gasteiger partial charge in [-0.05, 0) is 79.8 Å². The van der Waals surface area contributed by atoms with Gasteiger partial charge in [0.25, 0.3) is 0 Å². The molecule has 0 aliphatic heterocycles. The number of aromatic nitrogens is 2. The van der Waals surface area contributed by atoms with Gasteiger partial charge in [-0.25, -0.2) is 8.78 Å². The number of thiophene rings is 2. The van der Waals surface area contributed by atoms with E-state index in [1.807, 2.05) is 12.1 Å². The van der Waals surface area contributed by atoms with Crippen molar-refractivity contribution in [2.75, 3.05) is 0 Å². The van der Waals surface area contributed by atoms with Crippen LogP contribution < -0.4 is 0 Å². The van der Waals surface area contributed by atoms with E-state index in [1.165, 1.54) is 61.2 Å². The average Bonchev–Trinajstić information content (AvgIpc) is 3.64. The third-order valence-corrected chi connectivity index (χ3v) is 12.2. The van der Waals surface area contributed by atoms with Crippen LogP contribution in [0.1, 0.15) is 90.2 Å². The lowest BCUT2D eigenvalue weighted by Gasteiger charge is -2.13. The Hall–Kier alpha value is -0.740. The summed E-state index contributed by atoms with van der Waals surface area (Å²) in [4.78, 5) is 1.38. The second-order valence-electron chi connectivity index (χ2n) is 10.4. The number of halogens is 4. The first kappa shape index (κ1) is 31.2. The highest BCUT2D eigenvalue weighted by atomic mass is 79.9. The summed E-state index contributed by atoms with van der Waals surface area (Å²) in [6.07, 6.45) is 11.2. The standard InChI is InChI=1S/C30H36Br2F2N2S3/c1-5-9-11-17(7-3)13-19-15-21(37-29(19)31)23-25(33)26(34)24(28-27(23)35-39-36-28)22-16-20(30(32)38-22)14-18(8-4)12-10-6-2/h15-18H,5-14H2,1-4H3/t17-,18-/m1/s1. The molecule has 0 amide bonds. The molecular weight excluding hydrogens is 682 g/mol. The van der Waals surface area contributed by atoms with Crippen molar-refractivity contribution < 1.29 is 8.78 Å². The molecule has 4 rings (SSSR count). The third-order valence-electron chi connectivity index (χ3n) is 7.71. The summed E-state index contributed by atoms with van der Waals surface area (Å²) < 4.78 is 42.8. The molecule has 212 valence electrons. The molecule has 0 radical (unpaired) electrons. The molecule has 2 atom stereocenters. The van der Waals surface area contributed by atoms with Crippen molar-refractivity contribution in [2.45, 2.75) is 91.9 Å². The second kappa shape index (κ2) is 14.4. The highest BCUT2D eigenvalue weighted by Gasteiger charge is 2.28. The van der Waals surface area contributed by atoms with Crippen LogP contribution in [0.15, 0.2) is 19.7 Å². The monoisotopic (exact) mass is 716 g/mol. The van der Waals surface area contributed by atoms with Crippen molar-refractivity contribution in [1.82, 2.24) is 8.75 Å². The molecule has 0 unspecified atom stereocenters. The average molecular weight is 719 g/mol. The molecular formula is C30H36Br2F2N2S3.